The Morgan fingerprint density at radius 2 is 1.67 bits per heavy atom. The Morgan fingerprint density at radius 3 is 2.24 bits per heavy atom. The molecule has 0 saturated heterocycles. The number of carbonyl (C=O) groups excluding carboxylic acids is 1. The number of phenolic OH excluding ortho intramolecular Hbond substituents is 1. The second-order valence-electron chi connectivity index (χ2n) is 5.75. The standard InChI is InChI=1S/C16H17NO4/c1-17(11-4-6-12(18)7-5-11)15(19)13-9-2-3-10(8-9)14(13)16(20)21/h2-7,9-10,13-14,18H,8H2,1H3,(H,20,21)/t9?,10?,13-,14+/m0/s1. The number of carboxylic acid groups (broad SMARTS) is 1. The molecule has 1 saturated carbocycles. The molecular weight excluding hydrogens is 270 g/mol. The van der Waals surface area contributed by atoms with Gasteiger partial charge in [0, 0.05) is 12.7 Å². The topological polar surface area (TPSA) is 77.8 Å². The molecule has 2 aliphatic carbocycles. The summed E-state index contributed by atoms with van der Waals surface area (Å²) < 4.78 is 0. The lowest BCUT2D eigenvalue weighted by Gasteiger charge is -2.28. The van der Waals surface area contributed by atoms with Gasteiger partial charge in [0.15, 0.2) is 0 Å². The van der Waals surface area contributed by atoms with Gasteiger partial charge in [-0.2, -0.15) is 0 Å². The van der Waals surface area contributed by atoms with Gasteiger partial charge >= 0.3 is 5.97 Å². The van der Waals surface area contributed by atoms with Crippen molar-refractivity contribution in [2.75, 3.05) is 11.9 Å². The van der Waals surface area contributed by atoms with Gasteiger partial charge in [0.2, 0.25) is 5.91 Å². The lowest BCUT2D eigenvalue weighted by molar-refractivity contribution is -0.147. The highest BCUT2D eigenvalue weighted by Gasteiger charge is 2.52. The van der Waals surface area contributed by atoms with Gasteiger partial charge in [0.05, 0.1) is 11.8 Å². The quantitative estimate of drug-likeness (QED) is 0.832. The van der Waals surface area contributed by atoms with Crippen LogP contribution in [0.3, 0.4) is 0 Å². The molecule has 0 heterocycles. The molecule has 21 heavy (non-hydrogen) atoms. The maximum atomic E-state index is 12.7. The zero-order valence-electron chi connectivity index (χ0n) is 11.6. The maximum Gasteiger partial charge on any atom is 0.307 e. The molecule has 5 heteroatoms. The first kappa shape index (κ1) is 13.7. The fourth-order valence-corrected chi connectivity index (χ4v) is 3.52. The summed E-state index contributed by atoms with van der Waals surface area (Å²) in [5, 5.41) is 18.7. The van der Waals surface area contributed by atoms with Gasteiger partial charge < -0.3 is 15.1 Å². The van der Waals surface area contributed by atoms with E-state index >= 15 is 0 Å². The number of benzene rings is 1. The average Bonchev–Trinajstić information content (AvgIpc) is 3.07. The molecule has 0 spiro atoms. The van der Waals surface area contributed by atoms with Crippen LogP contribution in [0.4, 0.5) is 5.69 Å². The van der Waals surface area contributed by atoms with Crippen molar-refractivity contribution in [3.63, 3.8) is 0 Å². The van der Waals surface area contributed by atoms with Crippen LogP contribution >= 0.6 is 0 Å². The summed E-state index contributed by atoms with van der Waals surface area (Å²) in [5.41, 5.74) is 0.647. The number of fused-ring (bicyclic) bond motifs is 2. The number of aromatic hydroxyl groups is 1. The van der Waals surface area contributed by atoms with E-state index in [1.807, 2.05) is 12.2 Å². The molecule has 0 aliphatic heterocycles. The molecule has 0 radical (unpaired) electrons. The van der Waals surface area contributed by atoms with Crippen LogP contribution in [0.5, 0.6) is 5.75 Å². The highest BCUT2D eigenvalue weighted by Crippen LogP contribution is 2.48. The smallest absolute Gasteiger partial charge is 0.307 e. The molecular formula is C16H17NO4. The number of allylic oxidation sites excluding steroid dienone is 2. The third-order valence-corrected chi connectivity index (χ3v) is 4.60. The average molecular weight is 287 g/mol. The van der Waals surface area contributed by atoms with Crippen LogP contribution in [0.1, 0.15) is 6.42 Å². The summed E-state index contributed by atoms with van der Waals surface area (Å²) in [6, 6.07) is 6.31. The van der Waals surface area contributed by atoms with E-state index in [1.165, 1.54) is 17.0 Å². The second-order valence-corrected chi connectivity index (χ2v) is 5.75. The molecule has 2 bridgehead atoms. The number of hydrogen-bond acceptors (Lipinski definition) is 3. The van der Waals surface area contributed by atoms with Crippen molar-refractivity contribution in [3.05, 3.63) is 36.4 Å². The van der Waals surface area contributed by atoms with Gasteiger partial charge in [-0.1, -0.05) is 12.2 Å². The fraction of sp³-hybridized carbons (Fsp3) is 0.375. The SMILES string of the molecule is CN(C(=O)[C@H]1C2C=CC(C2)[C@H]1C(=O)O)c1ccc(O)cc1. The number of carbonyl (C=O) groups is 2. The van der Waals surface area contributed by atoms with Crippen molar-refractivity contribution < 1.29 is 19.8 Å². The summed E-state index contributed by atoms with van der Waals surface area (Å²) in [6.45, 7) is 0. The number of amides is 1. The van der Waals surface area contributed by atoms with Crippen molar-refractivity contribution in [2.45, 2.75) is 6.42 Å². The molecule has 0 aromatic heterocycles. The Kier molecular flexibility index (Phi) is 3.20. The van der Waals surface area contributed by atoms with E-state index in [9.17, 15) is 19.8 Å². The molecule has 1 aromatic carbocycles. The minimum atomic E-state index is -0.899. The molecule has 1 amide bonds. The molecule has 2 unspecified atom stereocenters. The van der Waals surface area contributed by atoms with Crippen LogP contribution in [-0.2, 0) is 9.59 Å². The number of phenols is 1. The van der Waals surface area contributed by atoms with E-state index in [0.29, 0.717) is 5.69 Å². The van der Waals surface area contributed by atoms with Gasteiger partial charge in [-0.25, -0.2) is 0 Å². The molecule has 110 valence electrons. The van der Waals surface area contributed by atoms with E-state index in [0.717, 1.165) is 6.42 Å². The monoisotopic (exact) mass is 287 g/mol. The third-order valence-electron chi connectivity index (χ3n) is 4.60. The van der Waals surface area contributed by atoms with Crippen LogP contribution in [0.15, 0.2) is 36.4 Å². The molecule has 2 aliphatic rings. The molecule has 5 nitrogen and oxygen atoms in total. The maximum absolute atomic E-state index is 12.7. The number of hydrogen-bond donors (Lipinski definition) is 2. The predicted octanol–water partition coefficient (Wildman–Crippen LogP) is 1.88. The summed E-state index contributed by atoms with van der Waals surface area (Å²) >= 11 is 0. The first-order chi connectivity index (χ1) is 9.99. The van der Waals surface area contributed by atoms with Crippen molar-refractivity contribution in [2.24, 2.45) is 23.7 Å². The van der Waals surface area contributed by atoms with Crippen molar-refractivity contribution in [1.29, 1.82) is 0 Å². The van der Waals surface area contributed by atoms with E-state index in [2.05, 4.69) is 0 Å². The summed E-state index contributed by atoms with van der Waals surface area (Å²) in [6.07, 6.45) is 4.64. The van der Waals surface area contributed by atoms with Crippen LogP contribution < -0.4 is 4.90 Å². The van der Waals surface area contributed by atoms with Gasteiger partial charge in [-0.3, -0.25) is 9.59 Å². The minimum absolute atomic E-state index is 0.0168. The molecule has 3 rings (SSSR count). The number of nitrogens with zero attached hydrogens (tertiary/aromatic N) is 1. The summed E-state index contributed by atoms with van der Waals surface area (Å²) in [5.74, 6) is -2.10. The molecule has 1 fully saturated rings. The normalized spacial score (nSPS) is 29.6. The van der Waals surface area contributed by atoms with Crippen LogP contribution in [0, 0.1) is 23.7 Å². The van der Waals surface area contributed by atoms with Crippen LogP contribution in [0.2, 0.25) is 0 Å². The number of rotatable bonds is 3. The number of carboxylic acids is 1. The highest BCUT2D eigenvalue weighted by molar-refractivity contribution is 5.98. The Balaban J connectivity index is 1.85. The Bertz CT molecular complexity index is 607. The highest BCUT2D eigenvalue weighted by atomic mass is 16.4. The first-order valence-electron chi connectivity index (χ1n) is 6.97. The van der Waals surface area contributed by atoms with E-state index in [-0.39, 0.29) is 23.5 Å². The lowest BCUT2D eigenvalue weighted by atomic mass is 9.82. The first-order valence-corrected chi connectivity index (χ1v) is 6.97. The van der Waals surface area contributed by atoms with E-state index in [4.69, 9.17) is 0 Å². The van der Waals surface area contributed by atoms with E-state index < -0.39 is 17.8 Å². The Morgan fingerprint density at radius 1 is 1.10 bits per heavy atom. The fourth-order valence-electron chi connectivity index (χ4n) is 3.52. The van der Waals surface area contributed by atoms with Crippen LogP contribution in [0.25, 0.3) is 0 Å². The summed E-state index contributed by atoms with van der Waals surface area (Å²) in [4.78, 5) is 25.7. The zero-order valence-corrected chi connectivity index (χ0v) is 11.6. The van der Waals surface area contributed by atoms with Gasteiger partial charge in [0.1, 0.15) is 5.75 Å². The van der Waals surface area contributed by atoms with Gasteiger partial charge in [-0.05, 0) is 42.5 Å². The predicted molar refractivity (Wildman–Crippen MR) is 76.9 cm³/mol. The van der Waals surface area contributed by atoms with Gasteiger partial charge in [-0.15, -0.1) is 0 Å². The largest absolute Gasteiger partial charge is 0.508 e. The van der Waals surface area contributed by atoms with Crippen LogP contribution in [-0.4, -0.2) is 29.1 Å². The molecule has 1 aromatic rings. The van der Waals surface area contributed by atoms with Gasteiger partial charge in [0.25, 0.3) is 0 Å². The zero-order chi connectivity index (χ0) is 15.1. The van der Waals surface area contributed by atoms with E-state index in [1.54, 1.807) is 19.2 Å². The Labute approximate surface area is 122 Å². The minimum Gasteiger partial charge on any atom is -0.508 e. The number of aliphatic carboxylic acids is 1. The number of anilines is 1. The Hall–Kier alpha value is -2.30. The summed E-state index contributed by atoms with van der Waals surface area (Å²) in [7, 11) is 1.64. The van der Waals surface area contributed by atoms with Crippen molar-refractivity contribution in [1.82, 2.24) is 0 Å². The lowest BCUT2D eigenvalue weighted by Crippen LogP contribution is -2.41. The van der Waals surface area contributed by atoms with Crippen molar-refractivity contribution >= 4 is 17.6 Å². The van der Waals surface area contributed by atoms with Crippen molar-refractivity contribution in [3.8, 4) is 5.75 Å². The second kappa shape index (κ2) is 4.91. The molecule has 4 atom stereocenters. The third kappa shape index (κ3) is 2.18. The molecule has 2 N–H and O–H groups in total.